The summed E-state index contributed by atoms with van der Waals surface area (Å²) in [5.41, 5.74) is 1.74. The lowest BCUT2D eigenvalue weighted by Gasteiger charge is -2.31. The summed E-state index contributed by atoms with van der Waals surface area (Å²) in [6.45, 7) is 8.29. The van der Waals surface area contributed by atoms with Crippen molar-refractivity contribution in [3.05, 3.63) is 53.6 Å². The number of anilines is 1. The number of hydrogen-bond acceptors (Lipinski definition) is 5. The molecular formula is C22H27N3O4S. The van der Waals surface area contributed by atoms with Crippen molar-refractivity contribution in [1.82, 2.24) is 5.32 Å². The third-order valence-corrected chi connectivity index (χ3v) is 6.33. The Labute approximate surface area is 177 Å². The molecule has 0 unspecified atom stereocenters. The first-order valence-corrected chi connectivity index (χ1v) is 11.2. The van der Waals surface area contributed by atoms with Gasteiger partial charge in [0.2, 0.25) is 0 Å². The number of ether oxygens (including phenoxy) is 1. The van der Waals surface area contributed by atoms with Gasteiger partial charge in [0.05, 0.1) is 18.8 Å². The first kappa shape index (κ1) is 21.8. The minimum atomic E-state index is -3.85. The van der Waals surface area contributed by atoms with Crippen LogP contribution < -0.4 is 15.0 Å². The molecule has 0 spiro atoms. The molecule has 2 aromatic rings. The van der Waals surface area contributed by atoms with Gasteiger partial charge in [-0.2, -0.15) is 8.42 Å². The molecule has 1 amide bonds. The Bertz CT molecular complexity index is 1080. The van der Waals surface area contributed by atoms with Crippen LogP contribution in [-0.2, 0) is 10.0 Å². The molecule has 0 radical (unpaired) electrons. The molecule has 0 fully saturated rings. The third kappa shape index (κ3) is 4.48. The van der Waals surface area contributed by atoms with Gasteiger partial charge < -0.3 is 15.0 Å². The normalized spacial score (nSPS) is 15.9. The second kappa shape index (κ2) is 8.47. The van der Waals surface area contributed by atoms with E-state index in [0.717, 1.165) is 11.3 Å². The zero-order valence-corrected chi connectivity index (χ0v) is 18.7. The van der Waals surface area contributed by atoms with Crippen molar-refractivity contribution in [3.63, 3.8) is 0 Å². The number of carbonyl (C=O) groups excluding carboxylic acids is 1. The molecule has 1 aliphatic heterocycles. The number of amides is 1. The van der Waals surface area contributed by atoms with Gasteiger partial charge >= 0.3 is 0 Å². The maximum absolute atomic E-state index is 12.8. The minimum Gasteiger partial charge on any atom is -0.497 e. The molecule has 1 atom stereocenters. The fourth-order valence-electron chi connectivity index (χ4n) is 3.38. The highest BCUT2D eigenvalue weighted by Crippen LogP contribution is 2.33. The summed E-state index contributed by atoms with van der Waals surface area (Å²) < 4.78 is 34.3. The Morgan fingerprint density at radius 3 is 2.40 bits per heavy atom. The van der Waals surface area contributed by atoms with Crippen LogP contribution in [0.3, 0.4) is 0 Å². The number of carbonyl (C=O) groups is 1. The van der Waals surface area contributed by atoms with Crippen molar-refractivity contribution in [1.29, 1.82) is 0 Å². The molecule has 0 saturated carbocycles. The quantitative estimate of drug-likeness (QED) is 0.755. The monoisotopic (exact) mass is 429 g/mol. The van der Waals surface area contributed by atoms with Crippen LogP contribution in [0.1, 0.15) is 49.7 Å². The maximum Gasteiger partial charge on any atom is 0.286 e. The molecule has 1 heterocycles. The van der Waals surface area contributed by atoms with Gasteiger partial charge in [-0.25, -0.2) is 0 Å². The summed E-state index contributed by atoms with van der Waals surface area (Å²) in [7, 11) is -2.26. The van der Waals surface area contributed by atoms with Crippen molar-refractivity contribution in [2.45, 2.75) is 38.6 Å². The first-order chi connectivity index (χ1) is 14.1. The number of methoxy groups -OCH3 is 1. The fraction of sp³-hybridized carbons (Fsp3) is 0.364. The molecule has 1 aliphatic rings. The van der Waals surface area contributed by atoms with Crippen molar-refractivity contribution < 1.29 is 17.9 Å². The van der Waals surface area contributed by atoms with Crippen molar-refractivity contribution >= 4 is 27.5 Å². The second-order valence-corrected chi connectivity index (χ2v) is 9.34. The highest BCUT2D eigenvalue weighted by molar-refractivity contribution is 7.90. The van der Waals surface area contributed by atoms with E-state index in [0.29, 0.717) is 24.0 Å². The topological polar surface area (TPSA) is 88.1 Å². The van der Waals surface area contributed by atoms with Gasteiger partial charge in [-0.15, -0.1) is 4.40 Å². The van der Waals surface area contributed by atoms with E-state index in [4.69, 9.17) is 4.74 Å². The Hall–Kier alpha value is -2.87. The number of fused-ring (bicyclic) bond motifs is 1. The lowest BCUT2D eigenvalue weighted by atomic mass is 10.1. The Morgan fingerprint density at radius 2 is 1.80 bits per heavy atom. The standard InChI is InChI=1S/C22H27N3O4S/c1-14(2)13-25-16(4)24-30(27,28)21-12-18(8-11-20(21)25)22(26)23-15(3)17-6-9-19(29-5)10-7-17/h6-12,14-15H,13H2,1-5H3,(H,23,26)/t15-/m0/s1. The molecule has 30 heavy (non-hydrogen) atoms. The van der Waals surface area contributed by atoms with E-state index < -0.39 is 10.0 Å². The van der Waals surface area contributed by atoms with E-state index in [2.05, 4.69) is 23.6 Å². The van der Waals surface area contributed by atoms with Gasteiger partial charge in [-0.05, 0) is 55.7 Å². The van der Waals surface area contributed by atoms with E-state index >= 15 is 0 Å². The van der Waals surface area contributed by atoms with Crippen LogP contribution in [0.4, 0.5) is 5.69 Å². The van der Waals surface area contributed by atoms with Crippen molar-refractivity contribution in [2.75, 3.05) is 18.6 Å². The van der Waals surface area contributed by atoms with Crippen molar-refractivity contribution in [3.8, 4) is 5.75 Å². The van der Waals surface area contributed by atoms with Crippen LogP contribution in [-0.4, -0.2) is 33.8 Å². The van der Waals surface area contributed by atoms with Crippen LogP contribution in [0.5, 0.6) is 5.75 Å². The Morgan fingerprint density at radius 1 is 1.13 bits per heavy atom. The predicted octanol–water partition coefficient (Wildman–Crippen LogP) is 3.77. The summed E-state index contributed by atoms with van der Waals surface area (Å²) in [6, 6.07) is 11.9. The van der Waals surface area contributed by atoms with Crippen LogP contribution in [0.25, 0.3) is 0 Å². The van der Waals surface area contributed by atoms with Crippen LogP contribution in [0, 0.1) is 5.92 Å². The molecule has 7 nitrogen and oxygen atoms in total. The zero-order chi connectivity index (χ0) is 22.1. The highest BCUT2D eigenvalue weighted by atomic mass is 32.2. The molecule has 0 aromatic heterocycles. The average molecular weight is 430 g/mol. The number of amidine groups is 1. The van der Waals surface area contributed by atoms with E-state index in [1.165, 1.54) is 6.07 Å². The molecule has 160 valence electrons. The summed E-state index contributed by atoms with van der Waals surface area (Å²) in [6.07, 6.45) is 0. The molecule has 1 N–H and O–H groups in total. The number of benzene rings is 2. The molecule has 0 saturated heterocycles. The van der Waals surface area contributed by atoms with E-state index in [9.17, 15) is 13.2 Å². The van der Waals surface area contributed by atoms with Crippen LogP contribution in [0.15, 0.2) is 51.8 Å². The van der Waals surface area contributed by atoms with E-state index in [1.807, 2.05) is 36.1 Å². The van der Waals surface area contributed by atoms with Gasteiger partial charge in [-0.3, -0.25) is 4.79 Å². The molecule has 8 heteroatoms. The summed E-state index contributed by atoms with van der Waals surface area (Å²) >= 11 is 0. The second-order valence-electron chi connectivity index (χ2n) is 7.77. The van der Waals surface area contributed by atoms with Gasteiger partial charge in [0.15, 0.2) is 0 Å². The average Bonchev–Trinajstić information content (AvgIpc) is 2.70. The predicted molar refractivity (Wildman–Crippen MR) is 118 cm³/mol. The van der Waals surface area contributed by atoms with Gasteiger partial charge in [-0.1, -0.05) is 26.0 Å². The first-order valence-electron chi connectivity index (χ1n) is 9.80. The van der Waals surface area contributed by atoms with E-state index in [-0.39, 0.29) is 22.4 Å². The number of sulfonamides is 1. The lowest BCUT2D eigenvalue weighted by Crippen LogP contribution is -2.37. The van der Waals surface area contributed by atoms with Crippen LogP contribution in [0.2, 0.25) is 0 Å². The highest BCUT2D eigenvalue weighted by Gasteiger charge is 2.30. The van der Waals surface area contributed by atoms with Gasteiger partial charge in [0, 0.05) is 12.1 Å². The number of hydrogen-bond donors (Lipinski definition) is 1. The van der Waals surface area contributed by atoms with Gasteiger partial charge in [0.1, 0.15) is 16.5 Å². The smallest absolute Gasteiger partial charge is 0.286 e. The van der Waals surface area contributed by atoms with Crippen LogP contribution >= 0.6 is 0 Å². The number of nitrogens with zero attached hydrogens (tertiary/aromatic N) is 2. The summed E-state index contributed by atoms with van der Waals surface area (Å²) in [4.78, 5) is 14.7. The zero-order valence-electron chi connectivity index (χ0n) is 17.8. The molecule has 0 bridgehead atoms. The molecule has 3 rings (SSSR count). The Balaban J connectivity index is 1.87. The number of rotatable bonds is 6. The number of nitrogens with one attached hydrogen (secondary N) is 1. The molecule has 2 aromatic carbocycles. The summed E-state index contributed by atoms with van der Waals surface area (Å²) in [5, 5.41) is 2.91. The SMILES string of the molecule is COc1ccc([C@H](C)NC(=O)c2ccc3c(c2)S(=O)(=O)N=C(C)N3CC(C)C)cc1. The summed E-state index contributed by atoms with van der Waals surface area (Å²) in [5.74, 6) is 1.13. The maximum atomic E-state index is 12.8. The van der Waals surface area contributed by atoms with E-state index in [1.54, 1.807) is 26.2 Å². The van der Waals surface area contributed by atoms with Crippen molar-refractivity contribution in [2.24, 2.45) is 10.3 Å². The Kier molecular flexibility index (Phi) is 6.17. The third-order valence-electron chi connectivity index (χ3n) is 4.94. The lowest BCUT2D eigenvalue weighted by molar-refractivity contribution is 0.0939. The molecule has 0 aliphatic carbocycles. The molecular weight excluding hydrogens is 402 g/mol. The van der Waals surface area contributed by atoms with Gasteiger partial charge in [0.25, 0.3) is 15.9 Å². The minimum absolute atomic E-state index is 0.0542. The largest absolute Gasteiger partial charge is 0.497 e. The fourth-order valence-corrected chi connectivity index (χ4v) is 4.65.